The fourth-order valence-corrected chi connectivity index (χ4v) is 1.55. The first-order chi connectivity index (χ1) is 6.68. The van der Waals surface area contributed by atoms with Crippen molar-refractivity contribution in [2.24, 2.45) is 10.7 Å². The monoisotopic (exact) mass is 199 g/mol. The zero-order valence-corrected chi connectivity index (χ0v) is 9.12. The van der Waals surface area contributed by atoms with Crippen LogP contribution < -0.4 is 11.1 Å². The van der Waals surface area contributed by atoms with Gasteiger partial charge in [0.1, 0.15) is 0 Å². The number of nitrogens with two attached hydrogens (primary N) is 1. The van der Waals surface area contributed by atoms with Crippen LogP contribution in [0.4, 0.5) is 0 Å². The van der Waals surface area contributed by atoms with Gasteiger partial charge < -0.3 is 15.8 Å². The van der Waals surface area contributed by atoms with Crippen LogP contribution in [-0.2, 0) is 4.74 Å². The van der Waals surface area contributed by atoms with Crippen LogP contribution in [0.5, 0.6) is 0 Å². The minimum atomic E-state index is 0.337. The topological polar surface area (TPSA) is 59.6 Å². The molecule has 3 N–H and O–H groups in total. The molecule has 4 heteroatoms. The fourth-order valence-electron chi connectivity index (χ4n) is 1.55. The molecule has 1 aliphatic rings. The molecule has 0 aromatic rings. The smallest absolute Gasteiger partial charge is 0.189 e. The summed E-state index contributed by atoms with van der Waals surface area (Å²) < 4.78 is 5.36. The molecular weight excluding hydrogens is 178 g/mol. The molecule has 0 aliphatic carbocycles. The molecule has 1 unspecified atom stereocenters. The summed E-state index contributed by atoms with van der Waals surface area (Å²) in [7, 11) is 0. The van der Waals surface area contributed by atoms with E-state index in [0.717, 1.165) is 32.5 Å². The summed E-state index contributed by atoms with van der Waals surface area (Å²) in [6.45, 7) is 5.78. The zero-order chi connectivity index (χ0) is 10.4. The predicted octanol–water partition coefficient (Wildman–Crippen LogP) is 0.868. The normalized spacial score (nSPS) is 24.8. The van der Waals surface area contributed by atoms with E-state index in [0.29, 0.717) is 18.0 Å². The first kappa shape index (κ1) is 11.3. The van der Waals surface area contributed by atoms with Gasteiger partial charge in [-0.05, 0) is 33.1 Å². The van der Waals surface area contributed by atoms with E-state index in [1.165, 1.54) is 0 Å². The minimum absolute atomic E-state index is 0.337. The second kappa shape index (κ2) is 5.86. The molecule has 1 heterocycles. The van der Waals surface area contributed by atoms with Crippen LogP contribution in [0.1, 0.15) is 33.1 Å². The maximum absolute atomic E-state index is 5.75. The van der Waals surface area contributed by atoms with Gasteiger partial charge >= 0.3 is 0 Å². The molecule has 1 saturated heterocycles. The lowest BCUT2D eigenvalue weighted by atomic mass is 10.1. The second-order valence-electron chi connectivity index (χ2n) is 4.01. The number of hydrogen-bond donors (Lipinski definition) is 2. The molecule has 82 valence electrons. The Balaban J connectivity index is 2.38. The molecule has 0 spiro atoms. The molecular formula is C10H21N3O. The third-order valence-corrected chi connectivity index (χ3v) is 2.18. The molecule has 0 aromatic heterocycles. The Morgan fingerprint density at radius 1 is 1.43 bits per heavy atom. The Bertz CT molecular complexity index is 184. The molecule has 4 nitrogen and oxygen atoms in total. The standard InChI is InChI=1S/C10H21N3O/c1-8(2)12-10(11)13-9-4-3-6-14-7-5-9/h8-9H,3-7H2,1-2H3,(H3,11,12,13). The zero-order valence-electron chi connectivity index (χ0n) is 9.12. The average molecular weight is 199 g/mol. The van der Waals surface area contributed by atoms with Crippen molar-refractivity contribution in [3.05, 3.63) is 0 Å². The summed E-state index contributed by atoms with van der Waals surface area (Å²) in [5, 5.41) is 3.10. The van der Waals surface area contributed by atoms with Gasteiger partial charge in [0.25, 0.3) is 0 Å². The average Bonchev–Trinajstić information content (AvgIpc) is 2.31. The van der Waals surface area contributed by atoms with E-state index in [4.69, 9.17) is 10.5 Å². The maximum atomic E-state index is 5.75. The first-order valence-corrected chi connectivity index (χ1v) is 5.36. The minimum Gasteiger partial charge on any atom is -0.381 e. The number of hydrogen-bond acceptors (Lipinski definition) is 2. The number of ether oxygens (including phenoxy) is 1. The van der Waals surface area contributed by atoms with E-state index in [1.54, 1.807) is 0 Å². The highest BCUT2D eigenvalue weighted by Gasteiger charge is 2.11. The molecule has 1 atom stereocenters. The third-order valence-electron chi connectivity index (χ3n) is 2.18. The van der Waals surface area contributed by atoms with Gasteiger partial charge in [-0.3, -0.25) is 4.99 Å². The lowest BCUT2D eigenvalue weighted by Crippen LogP contribution is -2.37. The van der Waals surface area contributed by atoms with Gasteiger partial charge in [-0.25, -0.2) is 0 Å². The largest absolute Gasteiger partial charge is 0.381 e. The van der Waals surface area contributed by atoms with Gasteiger partial charge in [0, 0.05) is 19.3 Å². The lowest BCUT2D eigenvalue weighted by Gasteiger charge is -2.12. The van der Waals surface area contributed by atoms with Gasteiger partial charge in [-0.2, -0.15) is 0 Å². The van der Waals surface area contributed by atoms with Crippen molar-refractivity contribution in [3.63, 3.8) is 0 Å². The molecule has 0 radical (unpaired) electrons. The number of nitrogens with zero attached hydrogens (tertiary/aromatic N) is 1. The van der Waals surface area contributed by atoms with Gasteiger partial charge in [-0.1, -0.05) is 0 Å². The summed E-state index contributed by atoms with van der Waals surface area (Å²) in [6, 6.07) is 0.685. The highest BCUT2D eigenvalue weighted by Crippen LogP contribution is 2.11. The van der Waals surface area contributed by atoms with Crippen molar-refractivity contribution >= 4 is 5.96 Å². The second-order valence-corrected chi connectivity index (χ2v) is 4.01. The number of aliphatic imine (C=N–C) groups is 1. The molecule has 0 aromatic carbocycles. The van der Waals surface area contributed by atoms with E-state index in [-0.39, 0.29) is 0 Å². The van der Waals surface area contributed by atoms with Crippen LogP contribution in [0.2, 0.25) is 0 Å². The highest BCUT2D eigenvalue weighted by molar-refractivity contribution is 5.78. The predicted molar refractivity (Wildman–Crippen MR) is 58.4 cm³/mol. The van der Waals surface area contributed by atoms with Crippen LogP contribution in [0.3, 0.4) is 0 Å². The van der Waals surface area contributed by atoms with E-state index >= 15 is 0 Å². The maximum Gasteiger partial charge on any atom is 0.189 e. The highest BCUT2D eigenvalue weighted by atomic mass is 16.5. The molecule has 14 heavy (non-hydrogen) atoms. The Hall–Kier alpha value is -0.770. The van der Waals surface area contributed by atoms with Gasteiger partial charge in [0.05, 0.1) is 6.04 Å². The van der Waals surface area contributed by atoms with E-state index < -0.39 is 0 Å². The fraction of sp³-hybridized carbons (Fsp3) is 0.900. The number of guanidine groups is 1. The Kier molecular flexibility index (Phi) is 4.73. The van der Waals surface area contributed by atoms with Gasteiger partial charge in [-0.15, -0.1) is 0 Å². The molecule has 1 fully saturated rings. The first-order valence-electron chi connectivity index (χ1n) is 5.36. The Labute approximate surface area is 85.9 Å². The summed E-state index contributed by atoms with van der Waals surface area (Å²) in [4.78, 5) is 4.44. The van der Waals surface area contributed by atoms with Crippen LogP contribution in [0.15, 0.2) is 4.99 Å². The molecule has 1 aliphatic heterocycles. The third kappa shape index (κ3) is 4.46. The van der Waals surface area contributed by atoms with E-state index in [9.17, 15) is 0 Å². The van der Waals surface area contributed by atoms with Crippen LogP contribution in [0, 0.1) is 0 Å². The van der Waals surface area contributed by atoms with Crippen molar-refractivity contribution in [1.29, 1.82) is 0 Å². The van der Waals surface area contributed by atoms with E-state index in [1.807, 2.05) is 0 Å². The van der Waals surface area contributed by atoms with Crippen molar-refractivity contribution in [1.82, 2.24) is 5.32 Å². The van der Waals surface area contributed by atoms with Crippen LogP contribution >= 0.6 is 0 Å². The molecule has 1 rings (SSSR count). The van der Waals surface area contributed by atoms with Crippen molar-refractivity contribution in [2.45, 2.75) is 45.2 Å². The van der Waals surface area contributed by atoms with Crippen molar-refractivity contribution < 1.29 is 4.74 Å². The Morgan fingerprint density at radius 2 is 2.21 bits per heavy atom. The lowest BCUT2D eigenvalue weighted by molar-refractivity contribution is 0.143. The molecule has 0 saturated carbocycles. The SMILES string of the molecule is CC(C)NC(N)=NC1CCCOCC1. The molecule has 0 bridgehead atoms. The number of rotatable bonds is 2. The molecule has 0 amide bonds. The summed E-state index contributed by atoms with van der Waals surface area (Å²) in [5.74, 6) is 0.562. The van der Waals surface area contributed by atoms with Crippen LogP contribution in [-0.4, -0.2) is 31.3 Å². The number of nitrogens with one attached hydrogen (secondary N) is 1. The summed E-state index contributed by atoms with van der Waals surface area (Å²) in [6.07, 6.45) is 3.16. The van der Waals surface area contributed by atoms with Gasteiger partial charge in [0.15, 0.2) is 5.96 Å². The quantitative estimate of drug-likeness (QED) is 0.512. The van der Waals surface area contributed by atoms with E-state index in [2.05, 4.69) is 24.2 Å². The van der Waals surface area contributed by atoms with Gasteiger partial charge in [0.2, 0.25) is 0 Å². The van der Waals surface area contributed by atoms with Crippen molar-refractivity contribution in [2.75, 3.05) is 13.2 Å². The summed E-state index contributed by atoms with van der Waals surface area (Å²) >= 11 is 0. The van der Waals surface area contributed by atoms with Crippen LogP contribution in [0.25, 0.3) is 0 Å². The Morgan fingerprint density at radius 3 is 2.93 bits per heavy atom. The van der Waals surface area contributed by atoms with Crippen molar-refractivity contribution in [3.8, 4) is 0 Å². The summed E-state index contributed by atoms with van der Waals surface area (Å²) in [5.41, 5.74) is 5.75.